The zero-order valence-corrected chi connectivity index (χ0v) is 21.8. The molecule has 0 N–H and O–H groups in total. The molecular weight excluding hydrogens is 450 g/mol. The van der Waals surface area contributed by atoms with Crippen LogP contribution in [0.1, 0.15) is 74.1 Å². The van der Waals surface area contributed by atoms with E-state index in [-0.39, 0.29) is 29.6 Å². The van der Waals surface area contributed by atoms with Gasteiger partial charge in [0, 0.05) is 12.5 Å². The number of aromatic nitrogens is 1. The van der Waals surface area contributed by atoms with E-state index in [1.54, 1.807) is 6.92 Å². The molecular formula is C31H37NO4. The molecule has 1 aliphatic carbocycles. The van der Waals surface area contributed by atoms with Gasteiger partial charge in [-0.25, -0.2) is 9.78 Å². The standard InChI is InChI=1S/C31H37NO4/c1-5-34-30(33)28-27(36-26-16-22(2)19-31(3,4)20-26)18-25(17-23-12-8-6-9-13-23)32-29(28)35-21-24-14-10-7-11-15-24/h6-15,18,22,26H,5,16-17,19-21H2,1-4H3. The Balaban J connectivity index is 1.73. The van der Waals surface area contributed by atoms with Gasteiger partial charge >= 0.3 is 5.97 Å². The molecule has 0 aliphatic heterocycles. The normalized spacial score (nSPS) is 18.9. The van der Waals surface area contributed by atoms with Crippen molar-refractivity contribution >= 4 is 5.97 Å². The van der Waals surface area contributed by atoms with Gasteiger partial charge in [0.2, 0.25) is 5.88 Å². The summed E-state index contributed by atoms with van der Waals surface area (Å²) in [6, 6.07) is 21.9. The van der Waals surface area contributed by atoms with E-state index in [1.165, 1.54) is 6.42 Å². The number of hydrogen-bond donors (Lipinski definition) is 0. The minimum Gasteiger partial charge on any atom is -0.489 e. The predicted octanol–water partition coefficient (Wildman–Crippen LogP) is 7.02. The quantitative estimate of drug-likeness (QED) is 0.304. The highest BCUT2D eigenvalue weighted by molar-refractivity contribution is 5.95. The lowest BCUT2D eigenvalue weighted by atomic mass is 9.71. The van der Waals surface area contributed by atoms with E-state index in [4.69, 9.17) is 19.2 Å². The third-order valence-electron chi connectivity index (χ3n) is 6.57. The van der Waals surface area contributed by atoms with Crippen molar-refractivity contribution in [1.82, 2.24) is 4.98 Å². The number of hydrogen-bond acceptors (Lipinski definition) is 5. The molecule has 1 aliphatic rings. The Kier molecular flexibility index (Phi) is 8.29. The third-order valence-corrected chi connectivity index (χ3v) is 6.57. The van der Waals surface area contributed by atoms with E-state index in [2.05, 4.69) is 32.9 Å². The zero-order chi connectivity index (χ0) is 25.5. The SMILES string of the molecule is CCOC(=O)c1c(OC2CC(C)CC(C)(C)C2)cc(Cc2ccccc2)nc1OCc1ccccc1. The van der Waals surface area contributed by atoms with Crippen LogP contribution in [0.5, 0.6) is 11.6 Å². The van der Waals surface area contributed by atoms with Crippen LogP contribution in [0.2, 0.25) is 0 Å². The summed E-state index contributed by atoms with van der Waals surface area (Å²) in [5.41, 5.74) is 3.35. The first-order valence-electron chi connectivity index (χ1n) is 12.9. The molecule has 0 saturated heterocycles. The maximum Gasteiger partial charge on any atom is 0.347 e. The van der Waals surface area contributed by atoms with Gasteiger partial charge in [-0.2, -0.15) is 0 Å². The molecule has 0 bridgehead atoms. The Morgan fingerprint density at radius 3 is 2.31 bits per heavy atom. The van der Waals surface area contributed by atoms with E-state index in [1.807, 2.05) is 54.6 Å². The largest absolute Gasteiger partial charge is 0.489 e. The van der Waals surface area contributed by atoms with Crippen molar-refractivity contribution < 1.29 is 19.0 Å². The fraction of sp³-hybridized carbons (Fsp3) is 0.419. The van der Waals surface area contributed by atoms with Crippen molar-refractivity contribution in [3.8, 4) is 11.6 Å². The van der Waals surface area contributed by atoms with Crippen LogP contribution in [0.25, 0.3) is 0 Å². The van der Waals surface area contributed by atoms with Crippen LogP contribution >= 0.6 is 0 Å². The summed E-state index contributed by atoms with van der Waals surface area (Å²) in [5, 5.41) is 0. The van der Waals surface area contributed by atoms with Gasteiger partial charge in [-0.15, -0.1) is 0 Å². The lowest BCUT2D eigenvalue weighted by Gasteiger charge is -2.39. The molecule has 5 heteroatoms. The number of ether oxygens (including phenoxy) is 3. The summed E-state index contributed by atoms with van der Waals surface area (Å²) in [4.78, 5) is 18.0. The molecule has 0 amide bonds. The highest BCUT2D eigenvalue weighted by Gasteiger charge is 2.34. The van der Waals surface area contributed by atoms with Gasteiger partial charge in [0.15, 0.2) is 5.56 Å². The van der Waals surface area contributed by atoms with Gasteiger partial charge in [0.1, 0.15) is 12.4 Å². The van der Waals surface area contributed by atoms with E-state index < -0.39 is 5.97 Å². The van der Waals surface area contributed by atoms with Gasteiger partial charge in [0.05, 0.1) is 18.4 Å². The van der Waals surface area contributed by atoms with Gasteiger partial charge < -0.3 is 14.2 Å². The van der Waals surface area contributed by atoms with Crippen LogP contribution in [0.4, 0.5) is 0 Å². The average Bonchev–Trinajstić information content (AvgIpc) is 2.83. The lowest BCUT2D eigenvalue weighted by Crippen LogP contribution is -2.34. The molecule has 2 unspecified atom stereocenters. The van der Waals surface area contributed by atoms with Crippen molar-refractivity contribution in [2.45, 2.75) is 66.1 Å². The molecule has 190 valence electrons. The summed E-state index contributed by atoms with van der Waals surface area (Å²) in [6.45, 7) is 9.19. The number of esters is 1. The molecule has 2 aromatic carbocycles. The maximum absolute atomic E-state index is 13.2. The molecule has 5 nitrogen and oxygen atoms in total. The summed E-state index contributed by atoms with van der Waals surface area (Å²) < 4.78 is 18.2. The highest BCUT2D eigenvalue weighted by Crippen LogP contribution is 2.41. The molecule has 0 spiro atoms. The van der Waals surface area contributed by atoms with Crippen molar-refractivity contribution in [1.29, 1.82) is 0 Å². The summed E-state index contributed by atoms with van der Waals surface area (Å²) >= 11 is 0. The van der Waals surface area contributed by atoms with Crippen molar-refractivity contribution in [3.05, 3.63) is 89.1 Å². The van der Waals surface area contributed by atoms with E-state index in [9.17, 15) is 4.79 Å². The number of benzene rings is 2. The first kappa shape index (κ1) is 25.7. The second kappa shape index (κ2) is 11.6. The van der Waals surface area contributed by atoms with Gasteiger partial charge in [-0.05, 0) is 48.6 Å². The van der Waals surface area contributed by atoms with Crippen molar-refractivity contribution in [2.75, 3.05) is 6.61 Å². The topological polar surface area (TPSA) is 57.7 Å². The molecule has 4 rings (SSSR count). The summed E-state index contributed by atoms with van der Waals surface area (Å²) in [5.74, 6) is 0.817. The maximum atomic E-state index is 13.2. The Bertz CT molecular complexity index is 1140. The monoisotopic (exact) mass is 487 g/mol. The van der Waals surface area contributed by atoms with Crippen LogP contribution in [-0.4, -0.2) is 23.7 Å². The molecule has 1 aromatic heterocycles. The second-order valence-electron chi connectivity index (χ2n) is 10.6. The van der Waals surface area contributed by atoms with E-state index in [0.717, 1.165) is 29.7 Å². The first-order valence-corrected chi connectivity index (χ1v) is 12.9. The third kappa shape index (κ3) is 6.87. The molecule has 2 atom stereocenters. The number of rotatable bonds is 9. The fourth-order valence-corrected chi connectivity index (χ4v) is 5.29. The summed E-state index contributed by atoms with van der Waals surface area (Å²) in [7, 11) is 0. The van der Waals surface area contributed by atoms with E-state index >= 15 is 0 Å². The summed E-state index contributed by atoms with van der Waals surface area (Å²) in [6.07, 6.45) is 3.65. The van der Waals surface area contributed by atoms with Gasteiger partial charge in [-0.1, -0.05) is 81.4 Å². The van der Waals surface area contributed by atoms with E-state index in [0.29, 0.717) is 24.7 Å². The van der Waals surface area contributed by atoms with Crippen molar-refractivity contribution in [2.24, 2.45) is 11.3 Å². The van der Waals surface area contributed by atoms with Gasteiger partial charge in [-0.3, -0.25) is 0 Å². The molecule has 1 fully saturated rings. The Labute approximate surface area is 214 Å². The molecule has 0 radical (unpaired) electrons. The minimum atomic E-state index is -0.475. The average molecular weight is 488 g/mol. The number of carbonyl (C=O) groups is 1. The van der Waals surface area contributed by atoms with Crippen LogP contribution in [0.15, 0.2) is 66.7 Å². The lowest BCUT2D eigenvalue weighted by molar-refractivity contribution is 0.0459. The molecule has 1 saturated carbocycles. The van der Waals surface area contributed by atoms with Gasteiger partial charge in [0.25, 0.3) is 0 Å². The molecule has 1 heterocycles. The molecule has 36 heavy (non-hydrogen) atoms. The Morgan fingerprint density at radius 2 is 1.67 bits per heavy atom. The number of pyridine rings is 1. The van der Waals surface area contributed by atoms with Crippen molar-refractivity contribution in [3.63, 3.8) is 0 Å². The first-order chi connectivity index (χ1) is 17.3. The van der Waals surface area contributed by atoms with Crippen LogP contribution in [0.3, 0.4) is 0 Å². The number of carbonyl (C=O) groups excluding carboxylic acids is 1. The predicted molar refractivity (Wildman–Crippen MR) is 141 cm³/mol. The van der Waals surface area contributed by atoms with Crippen LogP contribution in [0, 0.1) is 11.3 Å². The van der Waals surface area contributed by atoms with Crippen LogP contribution in [-0.2, 0) is 17.8 Å². The smallest absolute Gasteiger partial charge is 0.347 e. The second-order valence-corrected chi connectivity index (χ2v) is 10.6. The number of nitrogens with zero attached hydrogens (tertiary/aromatic N) is 1. The highest BCUT2D eigenvalue weighted by atomic mass is 16.5. The Hall–Kier alpha value is -3.34. The van der Waals surface area contributed by atoms with Crippen LogP contribution < -0.4 is 9.47 Å². The fourth-order valence-electron chi connectivity index (χ4n) is 5.29. The Morgan fingerprint density at radius 1 is 1.00 bits per heavy atom. The zero-order valence-electron chi connectivity index (χ0n) is 21.8. The minimum absolute atomic E-state index is 0.00544. The molecule has 3 aromatic rings.